The van der Waals surface area contributed by atoms with E-state index in [4.69, 9.17) is 9.47 Å². The molecule has 2 aliphatic heterocycles. The number of benzene rings is 1. The van der Waals surface area contributed by atoms with Gasteiger partial charge in [0, 0.05) is 26.2 Å². The topological polar surface area (TPSA) is 101 Å². The molecule has 1 aromatic rings. The molecule has 0 fully saturated rings. The molecule has 1 aromatic carbocycles. The van der Waals surface area contributed by atoms with Crippen LogP contribution in [0.5, 0.6) is 0 Å². The fourth-order valence-corrected chi connectivity index (χ4v) is 2.76. The van der Waals surface area contributed by atoms with Gasteiger partial charge in [0.2, 0.25) is 5.76 Å². The summed E-state index contributed by atoms with van der Waals surface area (Å²) in [5, 5.41) is 2.56. The largest absolute Gasteiger partial charge is 0.466 e. The first-order chi connectivity index (χ1) is 14.0. The summed E-state index contributed by atoms with van der Waals surface area (Å²) in [4.78, 5) is 42.9. The molecule has 9 nitrogen and oxygen atoms in total. The predicted octanol–water partition coefficient (Wildman–Crippen LogP) is 1.36. The summed E-state index contributed by atoms with van der Waals surface area (Å²) in [6.07, 6.45) is 1.52. The molecule has 0 bridgehead atoms. The van der Waals surface area contributed by atoms with E-state index in [1.807, 2.05) is 0 Å². The van der Waals surface area contributed by atoms with Crippen LogP contribution in [0.25, 0.3) is 0 Å². The van der Waals surface area contributed by atoms with E-state index >= 15 is 0 Å². The van der Waals surface area contributed by atoms with E-state index < -0.39 is 17.9 Å². The molecule has 0 saturated heterocycles. The van der Waals surface area contributed by atoms with Gasteiger partial charge in [-0.05, 0) is 24.6 Å². The van der Waals surface area contributed by atoms with Gasteiger partial charge in [-0.1, -0.05) is 12.1 Å². The molecular formula is C19H21FN4O5. The van der Waals surface area contributed by atoms with Gasteiger partial charge in [0.15, 0.2) is 0 Å². The fourth-order valence-electron chi connectivity index (χ4n) is 2.76. The molecule has 1 N–H and O–H groups in total. The number of carbonyl (C=O) groups excluding carboxylic acids is 3. The van der Waals surface area contributed by atoms with E-state index in [0.717, 1.165) is 5.56 Å². The smallest absolute Gasteiger partial charge is 0.348 e. The van der Waals surface area contributed by atoms with Gasteiger partial charge in [0.1, 0.15) is 5.82 Å². The monoisotopic (exact) mass is 404 g/mol. The number of carbonyl (C=O) groups is 3. The van der Waals surface area contributed by atoms with Crippen molar-refractivity contribution in [1.29, 1.82) is 0 Å². The van der Waals surface area contributed by atoms with E-state index in [2.05, 4.69) is 10.3 Å². The van der Waals surface area contributed by atoms with E-state index in [1.54, 1.807) is 24.0 Å². The van der Waals surface area contributed by atoms with Gasteiger partial charge < -0.3 is 19.7 Å². The van der Waals surface area contributed by atoms with Gasteiger partial charge in [-0.15, -0.1) is 4.99 Å². The predicted molar refractivity (Wildman–Crippen MR) is 99.8 cm³/mol. The summed E-state index contributed by atoms with van der Waals surface area (Å²) in [6, 6.07) is 5.39. The number of ether oxygens (including phenoxy) is 2. The first kappa shape index (κ1) is 20.3. The Bertz CT molecular complexity index is 853. The Hall–Kier alpha value is -3.43. The van der Waals surface area contributed by atoms with Crippen molar-refractivity contribution in [2.45, 2.75) is 19.9 Å². The lowest BCUT2D eigenvalue weighted by atomic mass is 10.2. The number of urea groups is 1. The molecule has 0 saturated carbocycles. The highest BCUT2D eigenvalue weighted by atomic mass is 19.1. The van der Waals surface area contributed by atoms with Crippen molar-refractivity contribution in [3.05, 3.63) is 47.6 Å². The number of hydrogen-bond donors (Lipinski definition) is 1. The lowest BCUT2D eigenvalue weighted by molar-refractivity contribution is -0.143. The SMILES string of the molecule is CCOC(=O)CCNC(=O)C1=CN2CCN(Cc3ccc(F)cc3)C(=O)N=C2O1. The lowest BCUT2D eigenvalue weighted by Crippen LogP contribution is -2.32. The van der Waals surface area contributed by atoms with Crippen LogP contribution in [0.3, 0.4) is 0 Å². The van der Waals surface area contributed by atoms with Crippen LogP contribution < -0.4 is 5.32 Å². The summed E-state index contributed by atoms with van der Waals surface area (Å²) in [5.41, 5.74) is 0.778. The number of amides is 3. The molecule has 2 heterocycles. The van der Waals surface area contributed by atoms with Crippen molar-refractivity contribution in [1.82, 2.24) is 15.1 Å². The van der Waals surface area contributed by atoms with E-state index in [1.165, 1.54) is 23.2 Å². The average Bonchev–Trinajstić information content (AvgIpc) is 3.03. The fraction of sp³-hybridized carbons (Fsp3) is 0.368. The van der Waals surface area contributed by atoms with Gasteiger partial charge in [0.05, 0.1) is 19.2 Å². The maximum atomic E-state index is 13.0. The standard InChI is InChI=1S/C19H21FN4O5/c1-2-28-16(25)7-8-21-17(26)15-12-24-10-9-23(18(27)22-19(24)29-15)11-13-3-5-14(20)6-4-13/h3-6,12H,2,7-11H2,1H3,(H,21,26). The summed E-state index contributed by atoms with van der Waals surface area (Å²) < 4.78 is 23.2. The van der Waals surface area contributed by atoms with Crippen molar-refractivity contribution in [2.24, 2.45) is 4.99 Å². The second-order valence-corrected chi connectivity index (χ2v) is 6.32. The maximum Gasteiger partial charge on any atom is 0.348 e. The Morgan fingerprint density at radius 2 is 2.03 bits per heavy atom. The molecule has 29 heavy (non-hydrogen) atoms. The minimum Gasteiger partial charge on any atom is -0.466 e. The van der Waals surface area contributed by atoms with Crippen molar-refractivity contribution < 1.29 is 28.2 Å². The highest BCUT2D eigenvalue weighted by Crippen LogP contribution is 2.18. The number of nitrogens with zero attached hydrogens (tertiary/aromatic N) is 3. The van der Waals surface area contributed by atoms with E-state index in [0.29, 0.717) is 13.1 Å². The number of halogens is 1. The van der Waals surface area contributed by atoms with E-state index in [9.17, 15) is 18.8 Å². The Morgan fingerprint density at radius 1 is 1.28 bits per heavy atom. The molecule has 0 unspecified atom stereocenters. The van der Waals surface area contributed by atoms with Crippen LogP contribution in [-0.2, 0) is 25.6 Å². The van der Waals surface area contributed by atoms with Crippen LogP contribution in [0.15, 0.2) is 41.2 Å². The van der Waals surface area contributed by atoms with Gasteiger partial charge in [0.25, 0.3) is 5.91 Å². The van der Waals surface area contributed by atoms with Crippen LogP contribution in [0.4, 0.5) is 9.18 Å². The third-order valence-corrected chi connectivity index (χ3v) is 4.22. The van der Waals surface area contributed by atoms with Crippen LogP contribution in [0, 0.1) is 5.82 Å². The Balaban J connectivity index is 1.54. The highest BCUT2D eigenvalue weighted by molar-refractivity contribution is 6.00. The quantitative estimate of drug-likeness (QED) is 0.689. The number of esters is 1. The molecular weight excluding hydrogens is 383 g/mol. The van der Waals surface area contributed by atoms with Crippen molar-refractivity contribution >= 4 is 23.9 Å². The molecule has 3 rings (SSSR count). The number of amidine groups is 1. The number of fused-ring (bicyclic) bond motifs is 1. The van der Waals surface area contributed by atoms with Gasteiger partial charge in [-0.3, -0.25) is 14.5 Å². The molecule has 0 atom stereocenters. The second-order valence-electron chi connectivity index (χ2n) is 6.32. The number of rotatable bonds is 7. The van der Waals surface area contributed by atoms with Crippen LogP contribution in [0.1, 0.15) is 18.9 Å². The summed E-state index contributed by atoms with van der Waals surface area (Å²) in [7, 11) is 0. The van der Waals surface area contributed by atoms with Crippen molar-refractivity contribution in [3.8, 4) is 0 Å². The molecule has 3 amide bonds. The van der Waals surface area contributed by atoms with Gasteiger partial charge in [-0.25, -0.2) is 9.18 Å². The molecule has 0 radical (unpaired) electrons. The van der Waals surface area contributed by atoms with Gasteiger partial charge in [-0.2, -0.15) is 0 Å². The normalized spacial score (nSPS) is 15.7. The zero-order valence-corrected chi connectivity index (χ0v) is 15.9. The minimum absolute atomic E-state index is 0.00704. The molecule has 2 aliphatic rings. The van der Waals surface area contributed by atoms with Crippen molar-refractivity contribution in [2.75, 3.05) is 26.2 Å². The number of aliphatic imine (C=N–C) groups is 1. The molecule has 0 aliphatic carbocycles. The molecule has 154 valence electrons. The van der Waals surface area contributed by atoms with Crippen LogP contribution in [0.2, 0.25) is 0 Å². The van der Waals surface area contributed by atoms with E-state index in [-0.39, 0.29) is 43.7 Å². The Morgan fingerprint density at radius 3 is 2.76 bits per heavy atom. The van der Waals surface area contributed by atoms with Crippen LogP contribution in [-0.4, -0.2) is 60.0 Å². The Kier molecular flexibility index (Phi) is 6.43. The maximum absolute atomic E-state index is 13.0. The van der Waals surface area contributed by atoms with Crippen LogP contribution >= 0.6 is 0 Å². The molecule has 0 spiro atoms. The molecule has 0 aromatic heterocycles. The second kappa shape index (κ2) is 9.18. The minimum atomic E-state index is -0.513. The first-order valence-corrected chi connectivity index (χ1v) is 9.18. The third-order valence-electron chi connectivity index (χ3n) is 4.22. The third kappa shape index (κ3) is 5.31. The number of hydrogen-bond acceptors (Lipinski definition) is 6. The summed E-state index contributed by atoms with van der Waals surface area (Å²) in [6.45, 7) is 3.10. The first-order valence-electron chi connectivity index (χ1n) is 9.18. The highest BCUT2D eigenvalue weighted by Gasteiger charge is 2.31. The van der Waals surface area contributed by atoms with Gasteiger partial charge >= 0.3 is 18.0 Å². The summed E-state index contributed by atoms with van der Waals surface area (Å²) >= 11 is 0. The Labute approximate surface area is 166 Å². The zero-order chi connectivity index (χ0) is 20.8. The number of nitrogens with one attached hydrogen (secondary N) is 1. The summed E-state index contributed by atoms with van der Waals surface area (Å²) in [5.74, 6) is -1.27. The van der Waals surface area contributed by atoms with Crippen molar-refractivity contribution in [3.63, 3.8) is 0 Å². The molecule has 10 heteroatoms. The average molecular weight is 404 g/mol. The lowest BCUT2D eigenvalue weighted by Gasteiger charge is -2.19. The zero-order valence-electron chi connectivity index (χ0n) is 15.9.